The van der Waals surface area contributed by atoms with Gasteiger partial charge in [0.25, 0.3) is 5.91 Å². The van der Waals surface area contributed by atoms with Crippen molar-refractivity contribution < 1.29 is 22.0 Å². The van der Waals surface area contributed by atoms with Crippen LogP contribution < -0.4 is 11.1 Å². The number of hydrogen-bond acceptors (Lipinski definition) is 6. The summed E-state index contributed by atoms with van der Waals surface area (Å²) in [6, 6.07) is 4.62. The van der Waals surface area contributed by atoms with Gasteiger partial charge in [-0.25, -0.2) is 26.5 Å². The van der Waals surface area contributed by atoms with Gasteiger partial charge in [-0.15, -0.1) is 0 Å². The molecule has 1 aliphatic rings. The predicted molar refractivity (Wildman–Crippen MR) is 118 cm³/mol. The van der Waals surface area contributed by atoms with Gasteiger partial charge < -0.3 is 11.1 Å². The lowest BCUT2D eigenvalue weighted by atomic mass is 9.91. The second-order valence-corrected chi connectivity index (χ2v) is 11.2. The highest BCUT2D eigenvalue weighted by Crippen LogP contribution is 2.36. The molecule has 32 heavy (non-hydrogen) atoms. The van der Waals surface area contributed by atoms with Crippen LogP contribution >= 0.6 is 11.6 Å². The van der Waals surface area contributed by atoms with E-state index in [2.05, 4.69) is 15.3 Å². The SMILES string of the molecule is CN1C[C@@](C)(c2cc(NC(=O)c3ncc(Cl)cc3F)ccc2F)N=C(N)C(C)(C)S1(=O)=O. The highest BCUT2D eigenvalue weighted by molar-refractivity contribution is 7.91. The van der Waals surface area contributed by atoms with Gasteiger partial charge in [-0.1, -0.05) is 11.6 Å². The number of nitrogens with two attached hydrogens (primary N) is 1. The fraction of sp³-hybridized carbons (Fsp3) is 0.350. The van der Waals surface area contributed by atoms with Crippen LogP contribution in [0.2, 0.25) is 5.02 Å². The summed E-state index contributed by atoms with van der Waals surface area (Å²) in [4.78, 5) is 20.5. The molecule has 0 aliphatic carbocycles. The van der Waals surface area contributed by atoms with Crippen molar-refractivity contribution in [3.05, 3.63) is 58.4 Å². The van der Waals surface area contributed by atoms with Crippen LogP contribution in [0.4, 0.5) is 14.5 Å². The monoisotopic (exact) mass is 485 g/mol. The maximum absolute atomic E-state index is 14.9. The lowest BCUT2D eigenvalue weighted by Crippen LogP contribution is -2.50. The smallest absolute Gasteiger partial charge is 0.277 e. The lowest BCUT2D eigenvalue weighted by Gasteiger charge is -2.29. The zero-order valence-corrected chi connectivity index (χ0v) is 19.4. The van der Waals surface area contributed by atoms with E-state index >= 15 is 0 Å². The van der Waals surface area contributed by atoms with Gasteiger partial charge in [-0.05, 0) is 45.0 Å². The molecule has 8 nitrogen and oxygen atoms in total. The van der Waals surface area contributed by atoms with Crippen LogP contribution in [0.3, 0.4) is 0 Å². The van der Waals surface area contributed by atoms with E-state index in [1.807, 2.05) is 0 Å². The Morgan fingerprint density at radius 2 is 1.88 bits per heavy atom. The zero-order chi connectivity index (χ0) is 24.1. The fourth-order valence-electron chi connectivity index (χ4n) is 3.41. The summed E-state index contributed by atoms with van der Waals surface area (Å²) >= 11 is 5.65. The summed E-state index contributed by atoms with van der Waals surface area (Å²) < 4.78 is 54.2. The van der Waals surface area contributed by atoms with Crippen LogP contribution in [0, 0.1) is 11.6 Å². The number of aromatic nitrogens is 1. The molecule has 2 aromatic rings. The Balaban J connectivity index is 2.03. The van der Waals surface area contributed by atoms with Crippen molar-refractivity contribution >= 4 is 39.1 Å². The van der Waals surface area contributed by atoms with E-state index in [4.69, 9.17) is 17.3 Å². The van der Waals surface area contributed by atoms with E-state index in [0.717, 1.165) is 22.6 Å². The van der Waals surface area contributed by atoms with E-state index in [1.165, 1.54) is 40.0 Å². The zero-order valence-electron chi connectivity index (χ0n) is 17.8. The highest BCUT2D eigenvalue weighted by atomic mass is 35.5. The summed E-state index contributed by atoms with van der Waals surface area (Å²) in [5, 5.41) is 2.48. The molecule has 2 heterocycles. The van der Waals surface area contributed by atoms with Crippen LogP contribution in [-0.4, -0.2) is 47.8 Å². The van der Waals surface area contributed by atoms with Crippen molar-refractivity contribution in [2.75, 3.05) is 18.9 Å². The first-order chi connectivity index (χ1) is 14.7. The number of carbonyl (C=O) groups excluding carboxylic acids is 1. The third-order valence-electron chi connectivity index (χ3n) is 5.40. The average molecular weight is 486 g/mol. The van der Waals surface area contributed by atoms with Gasteiger partial charge >= 0.3 is 0 Å². The molecule has 0 fully saturated rings. The summed E-state index contributed by atoms with van der Waals surface area (Å²) in [5.74, 6) is -2.64. The molecule has 0 spiro atoms. The van der Waals surface area contributed by atoms with Crippen molar-refractivity contribution in [2.24, 2.45) is 10.7 Å². The van der Waals surface area contributed by atoms with E-state index in [0.29, 0.717) is 0 Å². The van der Waals surface area contributed by atoms with Gasteiger partial charge in [0.05, 0.1) is 5.02 Å². The average Bonchev–Trinajstić information content (AvgIpc) is 2.72. The number of likely N-dealkylation sites (N-methyl/N-ethyl adjacent to an activating group) is 1. The number of rotatable bonds is 3. The minimum Gasteiger partial charge on any atom is -0.386 e. The van der Waals surface area contributed by atoms with E-state index in [9.17, 15) is 22.0 Å². The number of aliphatic imine (C=N–C) groups is 1. The number of nitrogens with zero attached hydrogens (tertiary/aromatic N) is 3. The molecule has 1 atom stereocenters. The van der Waals surface area contributed by atoms with Crippen molar-refractivity contribution in [1.82, 2.24) is 9.29 Å². The largest absolute Gasteiger partial charge is 0.386 e. The number of sulfonamides is 1. The van der Waals surface area contributed by atoms with Gasteiger partial charge in [-0.3, -0.25) is 9.79 Å². The Labute approximate surface area is 189 Å². The number of anilines is 1. The highest BCUT2D eigenvalue weighted by Gasteiger charge is 2.48. The molecule has 1 aliphatic heterocycles. The first-order valence-corrected chi connectivity index (χ1v) is 11.2. The van der Waals surface area contributed by atoms with Gasteiger partial charge in [0.1, 0.15) is 21.9 Å². The number of pyridine rings is 1. The third kappa shape index (κ3) is 4.07. The number of amidine groups is 1. The van der Waals surface area contributed by atoms with Crippen LogP contribution in [0.1, 0.15) is 36.8 Å². The van der Waals surface area contributed by atoms with Crippen molar-refractivity contribution in [3.63, 3.8) is 0 Å². The quantitative estimate of drug-likeness (QED) is 0.693. The molecule has 0 unspecified atom stereocenters. The first-order valence-electron chi connectivity index (χ1n) is 9.43. The minimum atomic E-state index is -3.87. The molecule has 3 N–H and O–H groups in total. The minimum absolute atomic E-state index is 0.00235. The molecule has 1 aromatic heterocycles. The summed E-state index contributed by atoms with van der Waals surface area (Å²) in [7, 11) is -2.50. The van der Waals surface area contributed by atoms with Crippen LogP contribution in [0.25, 0.3) is 0 Å². The number of halogens is 3. The molecule has 172 valence electrons. The lowest BCUT2D eigenvalue weighted by molar-refractivity contribution is 0.101. The molecule has 12 heteroatoms. The first kappa shape index (κ1) is 24.0. The maximum atomic E-state index is 14.9. The summed E-state index contributed by atoms with van der Waals surface area (Å²) in [6.07, 6.45) is 1.12. The van der Waals surface area contributed by atoms with Crippen molar-refractivity contribution in [1.29, 1.82) is 0 Å². The number of amides is 1. The number of benzene rings is 1. The van der Waals surface area contributed by atoms with Crippen molar-refractivity contribution in [3.8, 4) is 0 Å². The summed E-state index contributed by atoms with van der Waals surface area (Å²) in [6.45, 7) is 4.19. The summed E-state index contributed by atoms with van der Waals surface area (Å²) in [5.41, 5.74) is 4.28. The van der Waals surface area contributed by atoms with E-state index in [1.54, 1.807) is 0 Å². The topological polar surface area (TPSA) is 118 Å². The molecule has 0 bridgehead atoms. The van der Waals surface area contributed by atoms with Crippen LogP contribution in [0.5, 0.6) is 0 Å². The number of nitrogens with one attached hydrogen (secondary N) is 1. The van der Waals surface area contributed by atoms with E-state index < -0.39 is 43.5 Å². The second kappa shape index (κ2) is 8.05. The van der Waals surface area contributed by atoms with Crippen molar-refractivity contribution in [2.45, 2.75) is 31.1 Å². The van der Waals surface area contributed by atoms with Crippen LogP contribution in [0.15, 0.2) is 35.5 Å². The van der Waals surface area contributed by atoms with Crippen LogP contribution in [-0.2, 0) is 15.6 Å². The fourth-order valence-corrected chi connectivity index (χ4v) is 5.06. The Bertz CT molecular complexity index is 1240. The molecular formula is C20H22ClF2N5O3S. The van der Waals surface area contributed by atoms with Gasteiger partial charge in [0.2, 0.25) is 10.0 Å². The predicted octanol–water partition coefficient (Wildman–Crippen LogP) is 2.89. The molecule has 0 radical (unpaired) electrons. The Morgan fingerprint density at radius 1 is 1.22 bits per heavy atom. The molecule has 3 rings (SSSR count). The Hall–Kier alpha value is -2.63. The molecule has 1 amide bonds. The number of hydrogen-bond donors (Lipinski definition) is 2. The Kier molecular flexibility index (Phi) is 6.05. The normalized spacial score (nSPS) is 22.7. The standard InChI is InChI=1S/C20H22ClF2N5O3S/c1-19(2)18(24)27-20(3,10-28(4)32(19,30)31)13-8-12(5-6-14(13)22)26-17(29)16-15(23)7-11(21)9-25-16/h5-9H,10H2,1-4H3,(H2,24,27)(H,26,29)/t20-/m0/s1. The third-order valence-corrected chi connectivity index (χ3v) is 8.05. The van der Waals surface area contributed by atoms with Gasteiger partial charge in [0.15, 0.2) is 11.5 Å². The maximum Gasteiger partial charge on any atom is 0.277 e. The molecule has 0 saturated heterocycles. The molecule has 1 aromatic carbocycles. The van der Waals surface area contributed by atoms with E-state index in [-0.39, 0.29) is 28.7 Å². The Morgan fingerprint density at radius 3 is 2.50 bits per heavy atom. The second-order valence-electron chi connectivity index (χ2n) is 8.18. The number of carbonyl (C=O) groups is 1. The molecular weight excluding hydrogens is 464 g/mol. The van der Waals surface area contributed by atoms with Gasteiger partial charge in [-0.2, -0.15) is 0 Å². The van der Waals surface area contributed by atoms with Gasteiger partial charge in [0, 0.05) is 31.0 Å². The molecule has 0 saturated carbocycles.